The molecule has 0 unspecified atom stereocenters. The summed E-state index contributed by atoms with van der Waals surface area (Å²) in [5.41, 5.74) is 0.940. The number of carbonyl (C=O) groups is 5. The van der Waals surface area contributed by atoms with Gasteiger partial charge in [0.25, 0.3) is 5.91 Å². The number of urea groups is 1. The van der Waals surface area contributed by atoms with Crippen molar-refractivity contribution in [2.75, 3.05) is 52.7 Å². The molecular formula is C43H47Cl2N5O10. The third-order valence-corrected chi connectivity index (χ3v) is 10.9. The number of methoxy groups -OCH3 is 1. The number of para-hydroxylation sites is 1. The molecule has 0 bridgehead atoms. The number of benzene rings is 4. The third-order valence-electron chi connectivity index (χ3n) is 10.2. The molecule has 3 amide bonds. The predicted molar refractivity (Wildman–Crippen MR) is 226 cm³/mol. The number of ether oxygens (including phenoxy) is 1. The van der Waals surface area contributed by atoms with Gasteiger partial charge >= 0.3 is 23.9 Å². The zero-order chi connectivity index (χ0) is 44.1. The minimum Gasteiger partial charge on any atom is -0.495 e. The van der Waals surface area contributed by atoms with Crippen molar-refractivity contribution in [1.29, 1.82) is 5.26 Å². The molecule has 60 heavy (non-hydrogen) atoms. The molecule has 5 rings (SSSR count). The number of nitrogens with zero attached hydrogens (tertiary/aromatic N) is 3. The molecule has 6 N–H and O–H groups in total. The normalized spacial score (nSPS) is 13.6. The first-order valence-electron chi connectivity index (χ1n) is 18.9. The number of amides is 3. The first-order chi connectivity index (χ1) is 28.5. The molecule has 0 spiro atoms. The van der Waals surface area contributed by atoms with Crippen LogP contribution in [-0.4, -0.2) is 113 Å². The Morgan fingerprint density at radius 3 is 2.15 bits per heavy atom. The van der Waals surface area contributed by atoms with Crippen molar-refractivity contribution >= 4 is 69.5 Å². The summed E-state index contributed by atoms with van der Waals surface area (Å²) in [4.78, 5) is 60.6. The van der Waals surface area contributed by atoms with Crippen LogP contribution in [0.4, 0.5) is 10.5 Å². The van der Waals surface area contributed by atoms with Crippen LogP contribution in [0.3, 0.4) is 0 Å². The first kappa shape index (κ1) is 46.8. The highest BCUT2D eigenvalue weighted by Crippen LogP contribution is 2.35. The third kappa shape index (κ3) is 12.3. The van der Waals surface area contributed by atoms with E-state index in [4.69, 9.17) is 48.4 Å². The number of nitriles is 1. The number of hydrogen-bond donors (Lipinski definition) is 6. The van der Waals surface area contributed by atoms with Crippen molar-refractivity contribution < 1.29 is 49.1 Å². The number of halogens is 2. The Hall–Kier alpha value is -5.92. The molecule has 1 saturated heterocycles. The highest BCUT2D eigenvalue weighted by molar-refractivity contribution is 6.42. The molecule has 4 aromatic rings. The Bertz CT molecular complexity index is 2240. The standard InChI is InChI=1S/C37H39Cl2N5O3.C6H8O7/c1-43(2)37(46)42-33-11-7-6-9-29(33)24-14-17-44(18-15-24)19-16-27(25-12-13-31(38)32(39)21-25)23-41-36(45)34-30-10-5-4-8-26(30)20-28(22-40)35(34)47-3;7-3(8)1-6(13,5(11)12)2-4(9)10/h4-13,20-21,24,27H,14-19,23H2,1-3H3,(H,41,45)(H,42,46);13H,1-2H2,(H,7,8)(H,9,10)(H,11,12)/t27-;/m1./s1. The fourth-order valence-electron chi connectivity index (χ4n) is 7.02. The summed E-state index contributed by atoms with van der Waals surface area (Å²) < 4.78 is 5.58. The topological polar surface area (TPSA) is 230 Å². The van der Waals surface area contributed by atoms with Crippen LogP contribution in [0.2, 0.25) is 10.0 Å². The minimum absolute atomic E-state index is 0.0372. The number of aliphatic carboxylic acids is 3. The Labute approximate surface area is 357 Å². The van der Waals surface area contributed by atoms with E-state index in [-0.39, 0.29) is 23.6 Å². The van der Waals surface area contributed by atoms with Gasteiger partial charge in [0, 0.05) is 32.2 Å². The van der Waals surface area contributed by atoms with E-state index in [1.54, 1.807) is 26.2 Å². The number of carbonyl (C=O) groups excluding carboxylic acids is 2. The summed E-state index contributed by atoms with van der Waals surface area (Å²) in [5.74, 6) is -4.75. The zero-order valence-electron chi connectivity index (χ0n) is 33.3. The summed E-state index contributed by atoms with van der Waals surface area (Å²) in [6.07, 6.45) is 0.452. The minimum atomic E-state index is -2.74. The maximum absolute atomic E-state index is 13.8. The summed E-state index contributed by atoms with van der Waals surface area (Å²) in [7, 11) is 4.94. The molecule has 0 saturated carbocycles. The van der Waals surface area contributed by atoms with Gasteiger partial charge in [-0.1, -0.05) is 71.7 Å². The summed E-state index contributed by atoms with van der Waals surface area (Å²) >= 11 is 12.7. The van der Waals surface area contributed by atoms with E-state index in [9.17, 15) is 29.2 Å². The van der Waals surface area contributed by atoms with Gasteiger partial charge in [-0.3, -0.25) is 14.4 Å². The second kappa shape index (κ2) is 21.4. The van der Waals surface area contributed by atoms with Gasteiger partial charge in [0.15, 0.2) is 5.60 Å². The Kier molecular flexibility index (Phi) is 16.7. The molecule has 4 aromatic carbocycles. The monoisotopic (exact) mass is 863 g/mol. The molecule has 0 radical (unpaired) electrons. The van der Waals surface area contributed by atoms with Gasteiger partial charge in [-0.2, -0.15) is 5.26 Å². The molecule has 0 aliphatic carbocycles. The molecule has 15 nitrogen and oxygen atoms in total. The lowest BCUT2D eigenvalue weighted by molar-refractivity contribution is -0.170. The highest BCUT2D eigenvalue weighted by Gasteiger charge is 2.40. The van der Waals surface area contributed by atoms with Gasteiger partial charge in [-0.25, -0.2) is 9.59 Å². The van der Waals surface area contributed by atoms with E-state index in [1.807, 2.05) is 54.6 Å². The predicted octanol–water partition coefficient (Wildman–Crippen LogP) is 6.66. The summed E-state index contributed by atoms with van der Waals surface area (Å²) in [6, 6.07) is 24.9. The van der Waals surface area contributed by atoms with Crippen LogP contribution in [0.15, 0.2) is 72.8 Å². The van der Waals surface area contributed by atoms with Crippen molar-refractivity contribution in [1.82, 2.24) is 15.1 Å². The van der Waals surface area contributed by atoms with Gasteiger partial charge in [-0.05, 0) is 91.0 Å². The molecule has 1 aliphatic rings. The molecule has 1 heterocycles. The van der Waals surface area contributed by atoms with Crippen LogP contribution in [0.5, 0.6) is 5.75 Å². The lowest BCUT2D eigenvalue weighted by atomic mass is 9.87. The van der Waals surface area contributed by atoms with Crippen molar-refractivity contribution in [2.45, 2.75) is 49.5 Å². The molecule has 1 atom stereocenters. The molecule has 318 valence electrons. The van der Waals surface area contributed by atoms with E-state index in [2.05, 4.69) is 27.7 Å². The van der Waals surface area contributed by atoms with Crippen molar-refractivity contribution in [2.24, 2.45) is 0 Å². The van der Waals surface area contributed by atoms with Crippen molar-refractivity contribution in [3.8, 4) is 11.8 Å². The Balaban J connectivity index is 0.000000526. The highest BCUT2D eigenvalue weighted by atomic mass is 35.5. The van der Waals surface area contributed by atoms with Crippen LogP contribution < -0.4 is 15.4 Å². The average molecular weight is 865 g/mol. The molecule has 0 aromatic heterocycles. The fourth-order valence-corrected chi connectivity index (χ4v) is 7.33. The van der Waals surface area contributed by atoms with E-state index < -0.39 is 36.4 Å². The summed E-state index contributed by atoms with van der Waals surface area (Å²) in [6.45, 7) is 3.04. The lowest BCUT2D eigenvalue weighted by Crippen LogP contribution is -2.42. The zero-order valence-corrected chi connectivity index (χ0v) is 34.8. The number of anilines is 1. The number of nitrogens with one attached hydrogen (secondary N) is 2. The first-order valence-corrected chi connectivity index (χ1v) is 19.6. The number of rotatable bonds is 15. The quantitative estimate of drug-likeness (QED) is 0.0738. The Morgan fingerprint density at radius 1 is 0.933 bits per heavy atom. The number of aliphatic hydroxyl groups is 1. The molecular weight excluding hydrogens is 817 g/mol. The summed E-state index contributed by atoms with van der Waals surface area (Å²) in [5, 5.41) is 52.2. The number of carboxylic acids is 3. The molecule has 1 fully saturated rings. The second-order valence-electron chi connectivity index (χ2n) is 14.5. The maximum atomic E-state index is 13.8. The van der Waals surface area contributed by atoms with E-state index in [1.165, 1.54) is 17.6 Å². The van der Waals surface area contributed by atoms with Crippen LogP contribution in [0.1, 0.15) is 71.0 Å². The number of likely N-dealkylation sites (tertiary alicyclic amines) is 1. The second-order valence-corrected chi connectivity index (χ2v) is 15.4. The number of hydrogen-bond acceptors (Lipinski definition) is 9. The Morgan fingerprint density at radius 2 is 1.57 bits per heavy atom. The van der Waals surface area contributed by atoms with Crippen LogP contribution in [-0.2, 0) is 14.4 Å². The number of carboxylic acid groups (broad SMARTS) is 3. The smallest absolute Gasteiger partial charge is 0.336 e. The van der Waals surface area contributed by atoms with Gasteiger partial charge < -0.3 is 45.6 Å². The average Bonchev–Trinajstić information content (AvgIpc) is 3.21. The van der Waals surface area contributed by atoms with Crippen molar-refractivity contribution in [3.63, 3.8) is 0 Å². The number of piperidine rings is 1. The van der Waals surface area contributed by atoms with Gasteiger partial charge in [0.05, 0.1) is 41.1 Å². The van der Waals surface area contributed by atoms with Gasteiger partial charge in [-0.15, -0.1) is 0 Å². The number of fused-ring (bicyclic) bond motifs is 1. The SMILES string of the molecule is COc1c(C#N)cc2ccccc2c1C(=O)NC[C@@H](CCN1CCC(c2ccccc2NC(=O)N(C)C)CC1)c1ccc(Cl)c(Cl)c1.O=C(O)CC(O)(CC(=O)O)C(=O)O. The lowest BCUT2D eigenvalue weighted by Gasteiger charge is -2.34. The van der Waals surface area contributed by atoms with Crippen LogP contribution in [0, 0.1) is 11.3 Å². The van der Waals surface area contributed by atoms with E-state index in [0.717, 1.165) is 60.9 Å². The van der Waals surface area contributed by atoms with Crippen LogP contribution >= 0.6 is 23.2 Å². The van der Waals surface area contributed by atoms with Crippen LogP contribution in [0.25, 0.3) is 10.8 Å². The molecule has 1 aliphatic heterocycles. The fraction of sp³-hybridized carbons (Fsp3) is 0.349. The maximum Gasteiger partial charge on any atom is 0.336 e. The van der Waals surface area contributed by atoms with Gasteiger partial charge in [0.2, 0.25) is 0 Å². The van der Waals surface area contributed by atoms with E-state index in [0.29, 0.717) is 33.6 Å². The van der Waals surface area contributed by atoms with Gasteiger partial charge in [0.1, 0.15) is 11.8 Å². The van der Waals surface area contributed by atoms with Crippen molar-refractivity contribution in [3.05, 3.63) is 105 Å². The van der Waals surface area contributed by atoms with E-state index >= 15 is 0 Å². The largest absolute Gasteiger partial charge is 0.495 e. The molecule has 17 heteroatoms.